The molecule has 4 heteroatoms. The van der Waals surface area contributed by atoms with E-state index in [0.29, 0.717) is 19.6 Å². The monoisotopic (exact) mass is 297 g/mol. The van der Waals surface area contributed by atoms with E-state index in [4.69, 9.17) is 9.47 Å². The van der Waals surface area contributed by atoms with Gasteiger partial charge in [0.15, 0.2) is 11.5 Å². The van der Waals surface area contributed by atoms with Gasteiger partial charge in [-0.1, -0.05) is 42.0 Å². The number of rotatable bonds is 4. The summed E-state index contributed by atoms with van der Waals surface area (Å²) < 4.78 is 11.4. The molecule has 4 nitrogen and oxygen atoms in total. The van der Waals surface area contributed by atoms with E-state index in [2.05, 4.69) is 5.32 Å². The molecule has 1 heterocycles. The predicted molar refractivity (Wildman–Crippen MR) is 84.2 cm³/mol. The molecule has 2 aromatic rings. The third-order valence-corrected chi connectivity index (χ3v) is 3.58. The third-order valence-electron chi connectivity index (χ3n) is 3.58. The molecule has 0 radical (unpaired) electrons. The van der Waals surface area contributed by atoms with Gasteiger partial charge in [-0.15, -0.1) is 0 Å². The first kappa shape index (κ1) is 14.4. The maximum Gasteiger partial charge on any atom is 0.224 e. The summed E-state index contributed by atoms with van der Waals surface area (Å²) in [5.41, 5.74) is 2.20. The van der Waals surface area contributed by atoms with Crippen LogP contribution in [0.1, 0.15) is 11.1 Å². The number of amides is 1. The highest BCUT2D eigenvalue weighted by molar-refractivity contribution is 5.78. The van der Waals surface area contributed by atoms with E-state index in [0.717, 1.165) is 17.1 Å². The molecule has 0 fully saturated rings. The van der Waals surface area contributed by atoms with Crippen molar-refractivity contribution in [2.24, 2.45) is 0 Å². The first-order valence-corrected chi connectivity index (χ1v) is 7.41. The minimum absolute atomic E-state index is 0.00804. The van der Waals surface area contributed by atoms with Crippen LogP contribution < -0.4 is 14.8 Å². The number of hydrogen-bond acceptors (Lipinski definition) is 3. The zero-order valence-corrected chi connectivity index (χ0v) is 12.5. The van der Waals surface area contributed by atoms with Gasteiger partial charge < -0.3 is 14.8 Å². The van der Waals surface area contributed by atoms with Gasteiger partial charge in [-0.2, -0.15) is 0 Å². The Bertz CT molecular complexity index is 652. The number of carbonyl (C=O) groups is 1. The molecule has 0 saturated heterocycles. The summed E-state index contributed by atoms with van der Waals surface area (Å²) in [6.45, 7) is 2.92. The van der Waals surface area contributed by atoms with E-state index in [-0.39, 0.29) is 12.0 Å². The molecule has 0 aliphatic carbocycles. The van der Waals surface area contributed by atoms with E-state index >= 15 is 0 Å². The Morgan fingerprint density at radius 1 is 1.14 bits per heavy atom. The Balaban J connectivity index is 1.49. The Labute approximate surface area is 130 Å². The molecule has 2 aromatic carbocycles. The number of aryl methyl sites for hydroxylation is 1. The molecule has 0 unspecified atom stereocenters. The summed E-state index contributed by atoms with van der Waals surface area (Å²) in [4.78, 5) is 12.0. The van der Waals surface area contributed by atoms with Crippen molar-refractivity contribution < 1.29 is 14.3 Å². The largest absolute Gasteiger partial charge is 0.486 e. The maximum atomic E-state index is 12.0. The Morgan fingerprint density at radius 2 is 1.86 bits per heavy atom. The average Bonchev–Trinajstić information content (AvgIpc) is 2.55. The van der Waals surface area contributed by atoms with Crippen LogP contribution in [0.4, 0.5) is 0 Å². The van der Waals surface area contributed by atoms with Gasteiger partial charge in [0, 0.05) is 0 Å². The molecule has 1 N–H and O–H groups in total. The lowest BCUT2D eigenvalue weighted by molar-refractivity contribution is -0.120. The molecular formula is C18H19NO3. The van der Waals surface area contributed by atoms with Gasteiger partial charge in [0.1, 0.15) is 12.7 Å². The molecule has 1 amide bonds. The minimum atomic E-state index is -0.156. The van der Waals surface area contributed by atoms with Gasteiger partial charge in [-0.3, -0.25) is 4.79 Å². The second-order valence-corrected chi connectivity index (χ2v) is 5.46. The number of benzene rings is 2. The first-order chi connectivity index (χ1) is 10.7. The predicted octanol–water partition coefficient (Wildman–Crippen LogP) is 2.49. The zero-order valence-electron chi connectivity index (χ0n) is 12.5. The molecular weight excluding hydrogens is 278 g/mol. The van der Waals surface area contributed by atoms with Crippen LogP contribution in [0.5, 0.6) is 11.5 Å². The van der Waals surface area contributed by atoms with Crippen LogP contribution in [0.15, 0.2) is 48.5 Å². The summed E-state index contributed by atoms with van der Waals surface area (Å²) in [5, 5.41) is 2.90. The van der Waals surface area contributed by atoms with Gasteiger partial charge in [0.25, 0.3) is 0 Å². The first-order valence-electron chi connectivity index (χ1n) is 7.41. The van der Waals surface area contributed by atoms with Gasteiger partial charge in [-0.25, -0.2) is 0 Å². The van der Waals surface area contributed by atoms with Gasteiger partial charge in [-0.05, 0) is 24.6 Å². The fourth-order valence-corrected chi connectivity index (χ4v) is 2.35. The van der Waals surface area contributed by atoms with Crippen molar-refractivity contribution in [3.8, 4) is 11.5 Å². The Hall–Kier alpha value is -2.49. The molecule has 22 heavy (non-hydrogen) atoms. The molecule has 0 saturated carbocycles. The van der Waals surface area contributed by atoms with Crippen LogP contribution in [0.3, 0.4) is 0 Å². The van der Waals surface area contributed by atoms with Gasteiger partial charge in [0.05, 0.1) is 13.0 Å². The van der Waals surface area contributed by atoms with Crippen molar-refractivity contribution in [3.63, 3.8) is 0 Å². The summed E-state index contributed by atoms with van der Waals surface area (Å²) >= 11 is 0. The molecule has 114 valence electrons. The van der Waals surface area contributed by atoms with Gasteiger partial charge >= 0.3 is 0 Å². The van der Waals surface area contributed by atoms with Crippen molar-refractivity contribution in [3.05, 3.63) is 59.7 Å². The SMILES string of the molecule is Cc1ccc(CC(=O)NC[C@H]2COc3ccccc3O2)cc1. The topological polar surface area (TPSA) is 47.6 Å². The lowest BCUT2D eigenvalue weighted by Gasteiger charge is -2.26. The van der Waals surface area contributed by atoms with E-state index < -0.39 is 0 Å². The standard InChI is InChI=1S/C18H19NO3/c1-13-6-8-14(9-7-13)10-18(20)19-11-15-12-21-16-4-2-3-5-17(16)22-15/h2-9,15H,10-12H2,1H3,(H,19,20)/t15-/m0/s1. The molecule has 0 aromatic heterocycles. The molecule has 1 atom stereocenters. The lowest BCUT2D eigenvalue weighted by atomic mass is 10.1. The number of para-hydroxylation sites is 2. The third kappa shape index (κ3) is 3.58. The summed E-state index contributed by atoms with van der Waals surface area (Å²) in [6, 6.07) is 15.5. The highest BCUT2D eigenvalue weighted by Crippen LogP contribution is 2.30. The molecule has 0 spiro atoms. The van der Waals surface area contributed by atoms with Crippen LogP contribution in [0, 0.1) is 6.92 Å². The normalized spacial score (nSPS) is 16.1. The number of hydrogen-bond donors (Lipinski definition) is 1. The van der Waals surface area contributed by atoms with Crippen molar-refractivity contribution in [1.82, 2.24) is 5.32 Å². The van der Waals surface area contributed by atoms with E-state index in [1.807, 2.05) is 55.5 Å². The molecule has 1 aliphatic rings. The van der Waals surface area contributed by atoms with Crippen molar-refractivity contribution >= 4 is 5.91 Å². The number of nitrogens with one attached hydrogen (secondary N) is 1. The summed E-state index contributed by atoms with van der Waals surface area (Å²) in [7, 11) is 0. The maximum absolute atomic E-state index is 12.0. The number of carbonyl (C=O) groups excluding carboxylic acids is 1. The van der Waals surface area contributed by atoms with Crippen molar-refractivity contribution in [2.45, 2.75) is 19.4 Å². The molecule has 1 aliphatic heterocycles. The fraction of sp³-hybridized carbons (Fsp3) is 0.278. The average molecular weight is 297 g/mol. The van der Waals surface area contributed by atoms with E-state index in [1.165, 1.54) is 5.56 Å². The molecule has 0 bridgehead atoms. The van der Waals surface area contributed by atoms with Crippen LogP contribution in [-0.4, -0.2) is 25.2 Å². The highest BCUT2D eigenvalue weighted by atomic mass is 16.6. The van der Waals surface area contributed by atoms with Crippen LogP contribution in [-0.2, 0) is 11.2 Å². The minimum Gasteiger partial charge on any atom is -0.486 e. The second-order valence-electron chi connectivity index (χ2n) is 5.46. The highest BCUT2D eigenvalue weighted by Gasteiger charge is 2.20. The van der Waals surface area contributed by atoms with Gasteiger partial charge in [0.2, 0.25) is 5.91 Å². The van der Waals surface area contributed by atoms with Crippen LogP contribution >= 0.6 is 0 Å². The van der Waals surface area contributed by atoms with E-state index in [1.54, 1.807) is 0 Å². The smallest absolute Gasteiger partial charge is 0.224 e. The zero-order chi connectivity index (χ0) is 15.4. The van der Waals surface area contributed by atoms with Crippen LogP contribution in [0.25, 0.3) is 0 Å². The lowest BCUT2D eigenvalue weighted by Crippen LogP contribution is -2.41. The Kier molecular flexibility index (Phi) is 4.28. The summed E-state index contributed by atoms with van der Waals surface area (Å²) in [6.07, 6.45) is 0.224. The van der Waals surface area contributed by atoms with Crippen LogP contribution in [0.2, 0.25) is 0 Å². The second kappa shape index (κ2) is 6.52. The summed E-state index contributed by atoms with van der Waals surface area (Å²) in [5.74, 6) is 1.47. The van der Waals surface area contributed by atoms with Crippen molar-refractivity contribution in [2.75, 3.05) is 13.2 Å². The quantitative estimate of drug-likeness (QED) is 0.943. The number of ether oxygens (including phenoxy) is 2. The Morgan fingerprint density at radius 3 is 2.64 bits per heavy atom. The number of fused-ring (bicyclic) bond motifs is 1. The van der Waals surface area contributed by atoms with Crippen molar-refractivity contribution in [1.29, 1.82) is 0 Å². The molecule has 3 rings (SSSR count). The fourth-order valence-electron chi connectivity index (χ4n) is 2.35. The van der Waals surface area contributed by atoms with E-state index in [9.17, 15) is 4.79 Å².